The molecular weight excluding hydrogens is 1270 g/mol. The van der Waals surface area contributed by atoms with Gasteiger partial charge in [-0.1, -0.05) is 0 Å². The summed E-state index contributed by atoms with van der Waals surface area (Å²) in [5.74, 6) is 1.91. The molecular formula is C67H74GaN11O9S3+3. The van der Waals surface area contributed by atoms with Crippen LogP contribution in [0.15, 0.2) is 166 Å². The first kappa shape index (κ1) is 61.4. The molecule has 0 fully saturated rings. The Labute approximate surface area is 534 Å². The van der Waals surface area contributed by atoms with Crippen molar-refractivity contribution in [3.05, 3.63) is 160 Å². The number of aliphatic imine (C=N–C) groups is 4. The average molecular weight is 1340 g/mol. The maximum atomic E-state index is 15.6. The number of aromatic nitrogens is 2. The van der Waals surface area contributed by atoms with Crippen LogP contribution in [0, 0.1) is 6.92 Å². The molecule has 20 nitrogen and oxygen atoms in total. The van der Waals surface area contributed by atoms with E-state index in [-0.39, 0.29) is 85.3 Å². The minimum absolute atomic E-state index is 0.135. The molecule has 0 aliphatic carbocycles. The van der Waals surface area contributed by atoms with E-state index in [4.69, 9.17) is 30.0 Å². The maximum absolute atomic E-state index is 15.6. The summed E-state index contributed by atoms with van der Waals surface area (Å²) in [6.07, 6.45) is 0. The number of hydrogen-bond acceptors (Lipinski definition) is 9. The van der Waals surface area contributed by atoms with Crippen molar-refractivity contribution in [2.75, 3.05) is 58.9 Å². The zero-order chi connectivity index (χ0) is 64.6. The van der Waals surface area contributed by atoms with Crippen LogP contribution in [0.25, 0.3) is 64.6 Å². The zero-order valence-electron chi connectivity index (χ0n) is 52.5. The molecule has 469 valence electrons. The second-order valence-electron chi connectivity index (χ2n) is 24.4. The van der Waals surface area contributed by atoms with Crippen LogP contribution in [0.3, 0.4) is 0 Å². The van der Waals surface area contributed by atoms with Gasteiger partial charge in [-0.25, -0.2) is 0 Å². The molecule has 2 aromatic heterocycles. The van der Waals surface area contributed by atoms with Gasteiger partial charge < -0.3 is 0 Å². The quantitative estimate of drug-likeness (QED) is 0.0421. The van der Waals surface area contributed by atoms with Gasteiger partial charge in [-0.05, 0) is 0 Å². The molecule has 8 aromatic carbocycles. The second-order valence-corrected chi connectivity index (χ2v) is 35.7. The van der Waals surface area contributed by atoms with E-state index in [0.29, 0.717) is 110 Å². The number of amidine groups is 4. The average Bonchev–Trinajstić information content (AvgIpc) is 1.53. The van der Waals surface area contributed by atoms with Crippen LogP contribution in [-0.2, 0) is 29.4 Å². The first-order valence-corrected chi connectivity index (χ1v) is 38.8. The van der Waals surface area contributed by atoms with Gasteiger partial charge in [0.15, 0.2) is 0 Å². The summed E-state index contributed by atoms with van der Waals surface area (Å²) in [4.78, 5) is 32.6. The monoisotopic (exact) mass is 1340 g/mol. The zero-order valence-corrected chi connectivity index (χ0v) is 57.4. The van der Waals surface area contributed by atoms with Crippen molar-refractivity contribution in [2.24, 2.45) is 30.0 Å². The molecule has 0 saturated heterocycles. The number of benzene rings is 8. The normalized spacial score (nSPS) is 16.4. The van der Waals surface area contributed by atoms with Crippen molar-refractivity contribution < 1.29 is 51.6 Å². The van der Waals surface area contributed by atoms with E-state index in [1.807, 2.05) is 60.7 Å². The fourth-order valence-electron chi connectivity index (χ4n) is 15.2. The van der Waals surface area contributed by atoms with Gasteiger partial charge in [0.25, 0.3) is 0 Å². The number of aryl methyl sites for hydroxylation is 1. The van der Waals surface area contributed by atoms with Crippen molar-refractivity contribution >= 4 is 147 Å². The van der Waals surface area contributed by atoms with Gasteiger partial charge in [0.1, 0.15) is 0 Å². The third-order valence-electron chi connectivity index (χ3n) is 20.9. The summed E-state index contributed by atoms with van der Waals surface area (Å²) in [6, 6.07) is 36.3. The first-order valence-electron chi connectivity index (χ1n) is 31.2. The second kappa shape index (κ2) is 20.0. The number of rotatable bonds is 15. The van der Waals surface area contributed by atoms with Crippen LogP contribution in [0.2, 0.25) is 0 Å². The van der Waals surface area contributed by atoms with Crippen molar-refractivity contribution in [1.29, 1.82) is 0 Å². The molecule has 0 spiro atoms. The Hall–Kier alpha value is -7.11. The van der Waals surface area contributed by atoms with E-state index < -0.39 is 59.0 Å². The Balaban J connectivity index is 1.19. The Bertz CT molecular complexity index is 5440. The standard InChI is InChI=1S/C67H73N11O9S3.Ga/c1-11-76(12-2,13-3)88(79,80,81)57-29-21-26-42-33-50-54(37-46(42)57)66-71-61(50)69-64-53-36-45-40(10)24-20-25-41(45)32-49(53)60(68-64)70-65-55-38-47-43(27-22-30-58(47)89(82,83,84)77(14-4,15-5)16-6)34-51(55)62(72-65)74-67-56-39-48-44(35-52(56)63(73-66)75-67)28-23-31-59(48)90(85,86,87)78(17-7,18-8)19-9;/h20-39H,11-19H2,1-10H3,(H5-3,68,69,70,71,72,73,74,75,79,80,81,82,83,84,85,86,87);/q;+2/p+1. The van der Waals surface area contributed by atoms with Crippen LogP contribution in [0.4, 0.5) is 11.6 Å². The van der Waals surface area contributed by atoms with Crippen LogP contribution in [0.5, 0.6) is 0 Å². The molecule has 14 rings (SSSR count). The molecule has 0 saturated carbocycles. The van der Waals surface area contributed by atoms with Crippen LogP contribution < -0.4 is 11.0 Å². The summed E-state index contributed by atoms with van der Waals surface area (Å²) in [5, 5.41) is 6.70. The summed E-state index contributed by atoms with van der Waals surface area (Å²) in [6.45, 7) is 19.6. The Morgan fingerprint density at radius 2 is 0.659 bits per heavy atom. The molecule has 91 heavy (non-hydrogen) atoms. The summed E-state index contributed by atoms with van der Waals surface area (Å²) in [5.41, 5.74) is 4.24. The van der Waals surface area contributed by atoms with Crippen molar-refractivity contribution in [1.82, 2.24) is 6.55 Å². The molecule has 4 aliphatic rings. The fourth-order valence-corrected chi connectivity index (χ4v) is 26.3. The molecule has 6 N–H and O–H groups in total. The van der Waals surface area contributed by atoms with Crippen molar-refractivity contribution in [3.8, 4) is 0 Å². The van der Waals surface area contributed by atoms with Gasteiger partial charge >= 0.3 is 538 Å². The molecule has 1 radical (unpaired) electrons. The number of fused-ring (bicyclic) bond motifs is 18. The van der Waals surface area contributed by atoms with Gasteiger partial charge in [0.05, 0.1) is 0 Å². The van der Waals surface area contributed by atoms with E-state index in [0.717, 1.165) is 16.3 Å². The summed E-state index contributed by atoms with van der Waals surface area (Å²) < 4.78 is 125. The summed E-state index contributed by atoms with van der Waals surface area (Å²) >= 11 is -2.44. The molecule has 0 unspecified atom stereocenters. The fraction of sp³-hybridized carbons (Fsp3) is 0.284. The Kier molecular flexibility index (Phi) is 13.5. The first-order chi connectivity index (χ1) is 43.1. The molecule has 6 heterocycles. The molecule has 0 atom stereocenters. The van der Waals surface area contributed by atoms with Crippen LogP contribution in [-0.4, -0.2) is 158 Å². The van der Waals surface area contributed by atoms with Crippen molar-refractivity contribution in [3.63, 3.8) is 0 Å². The molecule has 24 heteroatoms. The van der Waals surface area contributed by atoms with Gasteiger partial charge in [0, 0.05) is 0 Å². The molecule has 10 aromatic rings. The van der Waals surface area contributed by atoms with E-state index in [1.54, 1.807) is 86.6 Å². The van der Waals surface area contributed by atoms with Gasteiger partial charge in [0.2, 0.25) is 0 Å². The number of hydrogen-bond donors (Lipinski definition) is 6. The molecule has 6 bridgehead atoms. The third-order valence-corrected chi connectivity index (χ3v) is 33.9. The van der Waals surface area contributed by atoms with E-state index in [1.165, 1.54) is 18.2 Å². The van der Waals surface area contributed by atoms with E-state index >= 15 is 12.6 Å². The van der Waals surface area contributed by atoms with E-state index in [9.17, 15) is 27.3 Å². The SMILES string of the molecule is CC[N+](CC)(CC)S(=O)(O)(O)c1cccc2cc3c(cc12)C1=Nc2c4cc5cccc(S(=O)(O)(O)[N+](CC)(CC)CC)c5cc4c4[n]2[Ga][n]2c(c5cc6cccc(S(=O)(O)(O)[N+](CC)(CC)CC)c6cc5c2=NC3=N1)=NC1=NC(=N4)c2cc3cccc(C)c3cc21. The van der Waals surface area contributed by atoms with Crippen molar-refractivity contribution in [2.45, 2.75) is 83.9 Å². The summed E-state index contributed by atoms with van der Waals surface area (Å²) in [7, 11) is -17.2. The van der Waals surface area contributed by atoms with E-state index in [2.05, 4.69) is 31.7 Å². The third kappa shape index (κ3) is 8.03. The number of nitrogens with zero attached hydrogens (tertiary/aromatic N) is 11. The predicted octanol–water partition coefficient (Wildman–Crippen LogP) is 12.1. The van der Waals surface area contributed by atoms with Crippen LogP contribution in [0.1, 0.15) is 90.1 Å². The topological polar surface area (TPSA) is 257 Å². The number of quaternary nitrogens is 3. The Morgan fingerprint density at radius 1 is 0.352 bits per heavy atom. The van der Waals surface area contributed by atoms with Crippen LogP contribution >= 0.6 is 0 Å². The van der Waals surface area contributed by atoms with Gasteiger partial charge in [-0.3, -0.25) is 0 Å². The van der Waals surface area contributed by atoms with Gasteiger partial charge in [-0.15, -0.1) is 0 Å². The molecule has 0 amide bonds. The van der Waals surface area contributed by atoms with Gasteiger partial charge in [-0.2, -0.15) is 0 Å². The minimum atomic E-state index is -5.75. The predicted molar refractivity (Wildman–Crippen MR) is 366 cm³/mol. The molecule has 4 aliphatic heterocycles. The Morgan fingerprint density at radius 3 is 1.08 bits per heavy atom.